The van der Waals surface area contributed by atoms with E-state index >= 15 is 0 Å². The van der Waals surface area contributed by atoms with E-state index in [0.717, 1.165) is 11.3 Å². The molecule has 0 saturated carbocycles. The lowest BCUT2D eigenvalue weighted by molar-refractivity contribution is -0.137. The molecule has 0 radical (unpaired) electrons. The zero-order valence-corrected chi connectivity index (χ0v) is 23.0. The van der Waals surface area contributed by atoms with Crippen LogP contribution in [0.2, 0.25) is 0 Å². The van der Waals surface area contributed by atoms with E-state index in [1.165, 1.54) is 13.2 Å². The van der Waals surface area contributed by atoms with Crippen LogP contribution in [0.3, 0.4) is 0 Å². The molecule has 2 aromatic heterocycles. The molecule has 0 bridgehead atoms. The van der Waals surface area contributed by atoms with Crippen molar-refractivity contribution in [2.45, 2.75) is 43.6 Å². The summed E-state index contributed by atoms with van der Waals surface area (Å²) in [5.41, 5.74) is 1.34. The molecule has 1 saturated heterocycles. The van der Waals surface area contributed by atoms with Crippen molar-refractivity contribution in [1.29, 1.82) is 0 Å². The monoisotopic (exact) mass is 546 g/mol. The summed E-state index contributed by atoms with van der Waals surface area (Å²) in [4.78, 5) is 22.8. The summed E-state index contributed by atoms with van der Waals surface area (Å²) in [6.07, 6.45) is 3.25. The molecule has 5 rings (SSSR count). The van der Waals surface area contributed by atoms with Gasteiger partial charge in [-0.15, -0.1) is 0 Å². The highest BCUT2D eigenvalue weighted by Crippen LogP contribution is 2.45. The number of ether oxygens (including phenoxy) is 3. The Labute approximate surface area is 227 Å². The Balaban J connectivity index is 1.57. The maximum absolute atomic E-state index is 14.1. The second kappa shape index (κ2) is 10.7. The van der Waals surface area contributed by atoms with Crippen LogP contribution >= 0.6 is 0 Å². The number of rotatable bonds is 9. The van der Waals surface area contributed by atoms with Crippen molar-refractivity contribution >= 4 is 26.5 Å². The first-order valence-electron chi connectivity index (χ1n) is 12.8. The van der Waals surface area contributed by atoms with Gasteiger partial charge in [-0.3, -0.25) is 9.78 Å². The van der Waals surface area contributed by atoms with Gasteiger partial charge in [0.15, 0.2) is 27.0 Å². The van der Waals surface area contributed by atoms with E-state index in [2.05, 4.69) is 9.97 Å². The van der Waals surface area contributed by atoms with Gasteiger partial charge in [-0.2, -0.15) is 0 Å². The number of fused-ring (bicyclic) bond motifs is 1. The van der Waals surface area contributed by atoms with Gasteiger partial charge in [0, 0.05) is 29.4 Å². The van der Waals surface area contributed by atoms with Gasteiger partial charge in [-0.1, -0.05) is 19.1 Å². The molecule has 8 nitrogen and oxygen atoms in total. The first-order valence-corrected chi connectivity index (χ1v) is 14.5. The molecule has 9 heteroatoms. The van der Waals surface area contributed by atoms with E-state index in [-0.39, 0.29) is 10.8 Å². The first-order chi connectivity index (χ1) is 18.8. The minimum atomic E-state index is -4.02. The van der Waals surface area contributed by atoms with Gasteiger partial charge in [0.05, 0.1) is 17.5 Å². The minimum Gasteiger partial charge on any atom is -0.478 e. The van der Waals surface area contributed by atoms with Crippen LogP contribution in [0, 0.1) is 6.92 Å². The fourth-order valence-electron chi connectivity index (χ4n) is 5.02. The van der Waals surface area contributed by atoms with Crippen molar-refractivity contribution in [2.24, 2.45) is 0 Å². The van der Waals surface area contributed by atoms with Crippen LogP contribution in [0.15, 0.2) is 71.8 Å². The molecule has 39 heavy (non-hydrogen) atoms. The smallest absolute Gasteiger partial charge is 0.257 e. The third-order valence-corrected chi connectivity index (χ3v) is 8.66. The summed E-state index contributed by atoms with van der Waals surface area (Å²) in [7, 11) is -2.52. The quantitative estimate of drug-likeness (QED) is 0.277. The van der Waals surface area contributed by atoms with E-state index in [1.807, 2.05) is 26.0 Å². The van der Waals surface area contributed by atoms with Gasteiger partial charge in [-0.25, -0.2) is 13.4 Å². The highest BCUT2D eigenvalue weighted by molar-refractivity contribution is 7.92. The van der Waals surface area contributed by atoms with Crippen molar-refractivity contribution in [3.8, 4) is 17.4 Å². The number of carbonyl (C=O) groups excluding carboxylic acids is 1. The molecule has 0 aliphatic carbocycles. The number of carbonyl (C=O) groups is 1. The topological polar surface area (TPSA) is 105 Å². The van der Waals surface area contributed by atoms with Crippen molar-refractivity contribution in [3.05, 3.63) is 83.7 Å². The highest BCUT2D eigenvalue weighted by Gasteiger charge is 2.48. The SMILES string of the molecule is CCc1ccc(Oc2cccnc2OC)c(C2(C(=O)CS(=O)(=O)c3cccc4nc(C)ccc34)CCCO2)c1. The summed E-state index contributed by atoms with van der Waals surface area (Å²) in [5, 5.41) is 0.484. The summed E-state index contributed by atoms with van der Waals surface area (Å²) in [6.45, 7) is 4.18. The zero-order valence-electron chi connectivity index (χ0n) is 22.1. The van der Waals surface area contributed by atoms with Gasteiger partial charge < -0.3 is 14.2 Å². The number of nitrogens with zero attached hydrogens (tertiary/aromatic N) is 2. The zero-order chi connectivity index (χ0) is 27.6. The van der Waals surface area contributed by atoms with Gasteiger partial charge in [0.2, 0.25) is 0 Å². The molecule has 202 valence electrons. The van der Waals surface area contributed by atoms with Crippen LogP contribution in [0.4, 0.5) is 0 Å². The van der Waals surface area contributed by atoms with E-state index < -0.39 is 27.0 Å². The molecule has 2 aromatic carbocycles. The van der Waals surface area contributed by atoms with Gasteiger partial charge >= 0.3 is 0 Å². The number of hydrogen-bond acceptors (Lipinski definition) is 8. The molecule has 1 aliphatic rings. The second-order valence-electron chi connectivity index (χ2n) is 9.53. The Kier molecular flexibility index (Phi) is 7.38. The Morgan fingerprint density at radius 3 is 2.67 bits per heavy atom. The first kappa shape index (κ1) is 26.8. The largest absolute Gasteiger partial charge is 0.478 e. The van der Waals surface area contributed by atoms with Crippen LogP contribution in [0.25, 0.3) is 10.9 Å². The second-order valence-corrected chi connectivity index (χ2v) is 11.5. The number of aromatic nitrogens is 2. The average Bonchev–Trinajstić information content (AvgIpc) is 3.44. The number of sulfone groups is 1. The number of pyridine rings is 2. The molecule has 0 amide bonds. The molecule has 4 aromatic rings. The Morgan fingerprint density at radius 2 is 1.92 bits per heavy atom. The molecule has 0 N–H and O–H groups in total. The van der Waals surface area contributed by atoms with E-state index in [1.54, 1.807) is 48.7 Å². The van der Waals surface area contributed by atoms with Gasteiger partial charge in [0.25, 0.3) is 5.88 Å². The summed E-state index contributed by atoms with van der Waals surface area (Å²) >= 11 is 0. The van der Waals surface area contributed by atoms with Crippen LogP contribution in [-0.2, 0) is 31.4 Å². The lowest BCUT2D eigenvalue weighted by Gasteiger charge is -2.30. The van der Waals surface area contributed by atoms with Crippen molar-refractivity contribution in [1.82, 2.24) is 9.97 Å². The normalized spacial score (nSPS) is 17.3. The Hall–Kier alpha value is -3.82. The molecular weight excluding hydrogens is 516 g/mol. The molecule has 0 spiro atoms. The third-order valence-electron chi connectivity index (χ3n) is 7.00. The van der Waals surface area contributed by atoms with E-state index in [9.17, 15) is 13.2 Å². The van der Waals surface area contributed by atoms with Crippen molar-refractivity contribution in [2.75, 3.05) is 19.5 Å². The van der Waals surface area contributed by atoms with Crippen LogP contribution < -0.4 is 9.47 Å². The van der Waals surface area contributed by atoms with Crippen LogP contribution in [0.1, 0.15) is 36.6 Å². The van der Waals surface area contributed by atoms with Gasteiger partial charge in [0.1, 0.15) is 11.5 Å². The van der Waals surface area contributed by atoms with Crippen molar-refractivity contribution < 1.29 is 27.4 Å². The summed E-state index contributed by atoms with van der Waals surface area (Å²) < 4.78 is 45.1. The number of aryl methyl sites for hydroxylation is 2. The molecule has 1 aliphatic heterocycles. The minimum absolute atomic E-state index is 0.0767. The van der Waals surface area contributed by atoms with Crippen LogP contribution in [0.5, 0.6) is 17.4 Å². The number of benzene rings is 2. The number of ketones is 1. The molecule has 1 atom stereocenters. The Morgan fingerprint density at radius 1 is 1.08 bits per heavy atom. The maximum atomic E-state index is 14.1. The maximum Gasteiger partial charge on any atom is 0.257 e. The molecule has 1 fully saturated rings. The summed E-state index contributed by atoms with van der Waals surface area (Å²) in [5.74, 6) is -0.203. The molecule has 1 unspecified atom stereocenters. The number of hydrogen-bond donors (Lipinski definition) is 0. The van der Waals surface area contributed by atoms with E-state index in [0.29, 0.717) is 53.8 Å². The third kappa shape index (κ3) is 5.12. The van der Waals surface area contributed by atoms with Gasteiger partial charge in [-0.05, 0) is 80.3 Å². The Bertz CT molecular complexity index is 1640. The predicted molar refractivity (Wildman–Crippen MR) is 147 cm³/mol. The highest BCUT2D eigenvalue weighted by atomic mass is 32.2. The number of methoxy groups -OCH3 is 1. The predicted octanol–water partition coefficient (Wildman–Crippen LogP) is 5.35. The fraction of sp³-hybridized carbons (Fsp3) is 0.300. The average molecular weight is 547 g/mol. The van der Waals surface area contributed by atoms with Crippen LogP contribution in [-0.4, -0.2) is 43.6 Å². The molecule has 3 heterocycles. The number of Topliss-reactive ketones (excluding diaryl/α,β-unsaturated/α-hetero) is 1. The van der Waals surface area contributed by atoms with E-state index in [4.69, 9.17) is 14.2 Å². The van der Waals surface area contributed by atoms with Crippen molar-refractivity contribution in [3.63, 3.8) is 0 Å². The molecular formula is C30H30N2O6S. The lowest BCUT2D eigenvalue weighted by atomic mass is 9.85. The fourth-order valence-corrected chi connectivity index (χ4v) is 6.54. The summed E-state index contributed by atoms with van der Waals surface area (Å²) in [6, 6.07) is 17.4. The lowest BCUT2D eigenvalue weighted by Crippen LogP contribution is -2.39. The standard InChI is InChI=1S/C30H30N2O6S/c1-4-21-12-14-25(38-26-9-6-16-31-29(26)36-3)23(18-21)30(15-7-17-37-30)28(33)19-39(34,35)27-10-5-8-24-22(27)13-11-20(2)32-24/h5-6,8-14,16,18H,4,7,15,17,19H2,1-3H3.